The van der Waals surface area contributed by atoms with Gasteiger partial charge in [-0.2, -0.15) is 0 Å². The fraction of sp³-hybridized carbons (Fsp3) is 0.350. The van der Waals surface area contributed by atoms with Crippen molar-refractivity contribution in [1.82, 2.24) is 4.90 Å². The molecule has 1 aliphatic heterocycles. The SMILES string of the molecule is CN1CCC(N(C)c2ccc(NC(=S)Nc3ccc(N)cc3)cc2Cl)CC1. The van der Waals surface area contributed by atoms with Gasteiger partial charge in [0.2, 0.25) is 0 Å². The normalized spacial score (nSPS) is 15.4. The zero-order valence-corrected chi connectivity index (χ0v) is 17.3. The molecule has 5 nitrogen and oxygen atoms in total. The molecule has 2 aromatic rings. The van der Waals surface area contributed by atoms with Crippen molar-refractivity contribution in [3.63, 3.8) is 0 Å². The van der Waals surface area contributed by atoms with E-state index in [1.807, 2.05) is 36.4 Å². The van der Waals surface area contributed by atoms with Gasteiger partial charge in [0.1, 0.15) is 0 Å². The number of hydrogen-bond acceptors (Lipinski definition) is 4. The van der Waals surface area contributed by atoms with E-state index < -0.39 is 0 Å². The van der Waals surface area contributed by atoms with Gasteiger partial charge in [0, 0.05) is 30.2 Å². The number of nitrogens with one attached hydrogen (secondary N) is 2. The van der Waals surface area contributed by atoms with Gasteiger partial charge < -0.3 is 26.2 Å². The Labute approximate surface area is 171 Å². The number of rotatable bonds is 4. The van der Waals surface area contributed by atoms with Crippen LogP contribution in [0.1, 0.15) is 12.8 Å². The average Bonchev–Trinajstić information content (AvgIpc) is 2.64. The van der Waals surface area contributed by atoms with Crippen LogP contribution in [0.4, 0.5) is 22.7 Å². The number of anilines is 4. The molecule has 7 heteroatoms. The van der Waals surface area contributed by atoms with Gasteiger partial charge >= 0.3 is 0 Å². The molecule has 0 saturated carbocycles. The van der Waals surface area contributed by atoms with E-state index in [9.17, 15) is 0 Å². The lowest BCUT2D eigenvalue weighted by atomic mass is 10.0. The molecule has 1 fully saturated rings. The van der Waals surface area contributed by atoms with Crippen LogP contribution in [0.25, 0.3) is 0 Å². The number of likely N-dealkylation sites (tertiary alicyclic amines) is 1. The van der Waals surface area contributed by atoms with Crippen molar-refractivity contribution in [1.29, 1.82) is 0 Å². The Morgan fingerprint density at radius 2 is 1.70 bits per heavy atom. The molecular formula is C20H26ClN5S. The highest BCUT2D eigenvalue weighted by atomic mass is 35.5. The number of thiocarbonyl (C=S) groups is 1. The van der Waals surface area contributed by atoms with Gasteiger partial charge in [-0.25, -0.2) is 0 Å². The Morgan fingerprint density at radius 3 is 2.33 bits per heavy atom. The average molecular weight is 404 g/mol. The van der Waals surface area contributed by atoms with Gasteiger partial charge in [-0.1, -0.05) is 11.6 Å². The Bertz CT molecular complexity index is 787. The first-order chi connectivity index (χ1) is 12.9. The predicted octanol–water partition coefficient (Wildman–Crippen LogP) is 4.26. The lowest BCUT2D eigenvalue weighted by molar-refractivity contribution is 0.253. The summed E-state index contributed by atoms with van der Waals surface area (Å²) in [7, 11) is 4.29. The summed E-state index contributed by atoms with van der Waals surface area (Å²) in [6.45, 7) is 2.24. The summed E-state index contributed by atoms with van der Waals surface area (Å²) in [6.07, 6.45) is 2.30. The zero-order valence-electron chi connectivity index (χ0n) is 15.7. The predicted molar refractivity (Wildman–Crippen MR) is 121 cm³/mol. The number of hydrogen-bond donors (Lipinski definition) is 3. The topological polar surface area (TPSA) is 56.6 Å². The van der Waals surface area contributed by atoms with E-state index in [2.05, 4.69) is 40.6 Å². The van der Waals surface area contributed by atoms with Crippen LogP contribution in [-0.4, -0.2) is 43.2 Å². The quantitative estimate of drug-likeness (QED) is 0.523. The van der Waals surface area contributed by atoms with Crippen molar-refractivity contribution in [3.8, 4) is 0 Å². The largest absolute Gasteiger partial charge is 0.399 e. The van der Waals surface area contributed by atoms with E-state index in [1.165, 1.54) is 0 Å². The van der Waals surface area contributed by atoms with E-state index in [4.69, 9.17) is 29.6 Å². The van der Waals surface area contributed by atoms with Crippen LogP contribution in [0.15, 0.2) is 42.5 Å². The van der Waals surface area contributed by atoms with E-state index >= 15 is 0 Å². The lowest BCUT2D eigenvalue weighted by Gasteiger charge is -2.36. The van der Waals surface area contributed by atoms with E-state index in [1.54, 1.807) is 0 Å². The number of nitrogen functional groups attached to an aromatic ring is 1. The number of benzene rings is 2. The van der Waals surface area contributed by atoms with Gasteiger partial charge in [0.15, 0.2) is 5.11 Å². The van der Waals surface area contributed by atoms with Crippen LogP contribution < -0.4 is 21.3 Å². The third kappa shape index (κ3) is 5.25. The Hall–Kier alpha value is -2.02. The summed E-state index contributed by atoms with van der Waals surface area (Å²) >= 11 is 11.9. The summed E-state index contributed by atoms with van der Waals surface area (Å²) in [5.74, 6) is 0. The summed E-state index contributed by atoms with van der Waals surface area (Å²) in [6, 6.07) is 13.9. The first-order valence-corrected chi connectivity index (χ1v) is 9.85. The Kier molecular flexibility index (Phi) is 6.42. The van der Waals surface area contributed by atoms with E-state index in [0.29, 0.717) is 11.2 Å². The number of piperidine rings is 1. The van der Waals surface area contributed by atoms with Crippen molar-refractivity contribution in [2.24, 2.45) is 0 Å². The van der Waals surface area contributed by atoms with Crippen LogP contribution in [0.3, 0.4) is 0 Å². The highest BCUT2D eigenvalue weighted by Crippen LogP contribution is 2.31. The molecule has 1 heterocycles. The molecule has 0 atom stereocenters. The molecule has 0 bridgehead atoms. The minimum Gasteiger partial charge on any atom is -0.399 e. The smallest absolute Gasteiger partial charge is 0.175 e. The van der Waals surface area contributed by atoms with Gasteiger partial charge in [0.05, 0.1) is 10.7 Å². The molecular weight excluding hydrogens is 378 g/mol. The Morgan fingerprint density at radius 1 is 1.11 bits per heavy atom. The van der Waals surface area contributed by atoms with E-state index in [0.717, 1.165) is 53.7 Å². The minimum atomic E-state index is 0.507. The highest BCUT2D eigenvalue weighted by Gasteiger charge is 2.22. The molecule has 4 N–H and O–H groups in total. The molecule has 0 unspecified atom stereocenters. The fourth-order valence-corrected chi connectivity index (χ4v) is 3.86. The van der Waals surface area contributed by atoms with Gasteiger partial charge in [-0.05, 0) is 87.7 Å². The second kappa shape index (κ2) is 8.78. The minimum absolute atomic E-state index is 0.507. The van der Waals surface area contributed by atoms with Crippen LogP contribution >= 0.6 is 23.8 Å². The maximum Gasteiger partial charge on any atom is 0.175 e. The molecule has 0 spiro atoms. The highest BCUT2D eigenvalue weighted by molar-refractivity contribution is 7.80. The monoisotopic (exact) mass is 403 g/mol. The first kappa shape index (κ1) is 19.7. The third-order valence-corrected chi connectivity index (χ3v) is 5.50. The van der Waals surface area contributed by atoms with Crippen molar-refractivity contribution in [3.05, 3.63) is 47.5 Å². The van der Waals surface area contributed by atoms with Crippen molar-refractivity contribution < 1.29 is 0 Å². The standard InChI is InChI=1S/C20H26ClN5S/c1-25-11-9-17(10-12-25)26(2)19-8-7-16(13-18(19)21)24-20(27)23-15-5-3-14(22)4-6-15/h3-8,13,17H,9-12,22H2,1-2H3,(H2,23,24,27). The van der Waals surface area contributed by atoms with Crippen molar-refractivity contribution in [2.75, 3.05) is 48.5 Å². The maximum absolute atomic E-state index is 6.56. The van der Waals surface area contributed by atoms with Gasteiger partial charge in [0.25, 0.3) is 0 Å². The maximum atomic E-state index is 6.56. The molecule has 0 amide bonds. The van der Waals surface area contributed by atoms with Crippen LogP contribution in [-0.2, 0) is 0 Å². The second-order valence-corrected chi connectivity index (χ2v) is 7.83. The fourth-order valence-electron chi connectivity index (χ4n) is 3.31. The number of nitrogens with zero attached hydrogens (tertiary/aromatic N) is 2. The van der Waals surface area contributed by atoms with E-state index in [-0.39, 0.29) is 0 Å². The third-order valence-electron chi connectivity index (χ3n) is 4.99. The Balaban J connectivity index is 1.62. The molecule has 144 valence electrons. The summed E-state index contributed by atoms with van der Waals surface area (Å²) in [4.78, 5) is 4.66. The first-order valence-electron chi connectivity index (χ1n) is 9.07. The van der Waals surface area contributed by atoms with Gasteiger partial charge in [-0.15, -0.1) is 0 Å². The van der Waals surface area contributed by atoms with Crippen LogP contribution in [0, 0.1) is 0 Å². The van der Waals surface area contributed by atoms with Crippen LogP contribution in [0.2, 0.25) is 5.02 Å². The zero-order chi connectivity index (χ0) is 19.4. The second-order valence-electron chi connectivity index (χ2n) is 7.01. The molecule has 0 aromatic heterocycles. The summed E-state index contributed by atoms with van der Waals surface area (Å²) in [5, 5.41) is 7.54. The molecule has 3 rings (SSSR count). The molecule has 2 aromatic carbocycles. The van der Waals surface area contributed by atoms with Crippen LogP contribution in [0.5, 0.6) is 0 Å². The summed E-state index contributed by atoms with van der Waals surface area (Å²) < 4.78 is 0. The summed E-state index contributed by atoms with van der Waals surface area (Å²) in [5.41, 5.74) is 9.20. The molecule has 0 radical (unpaired) electrons. The number of nitrogens with two attached hydrogens (primary N) is 1. The van der Waals surface area contributed by atoms with Crippen molar-refractivity contribution >= 4 is 51.7 Å². The molecule has 0 aliphatic carbocycles. The lowest BCUT2D eigenvalue weighted by Crippen LogP contribution is -2.42. The molecule has 1 saturated heterocycles. The van der Waals surface area contributed by atoms with Crippen molar-refractivity contribution in [2.45, 2.75) is 18.9 Å². The number of halogens is 1. The molecule has 1 aliphatic rings. The van der Waals surface area contributed by atoms with Gasteiger partial charge in [-0.3, -0.25) is 0 Å². The molecule has 27 heavy (non-hydrogen) atoms.